The zero-order valence-corrected chi connectivity index (χ0v) is 11.2. The standard InChI is InChI=1S/C14H17ClN2O/c15-13-9-11(14(18)17-7-3-4-8-17)10-5-1-2-6-12(10)16-13/h9H,1-8H2. The number of carbonyl (C=O) groups is 1. The third-order valence-electron chi connectivity index (χ3n) is 3.89. The lowest BCUT2D eigenvalue weighted by Crippen LogP contribution is -2.29. The minimum atomic E-state index is 0.148. The Morgan fingerprint density at radius 2 is 1.89 bits per heavy atom. The van der Waals surface area contributed by atoms with Gasteiger partial charge in [-0.3, -0.25) is 4.79 Å². The number of amides is 1. The topological polar surface area (TPSA) is 33.2 Å². The molecule has 2 heterocycles. The molecule has 4 heteroatoms. The lowest BCUT2D eigenvalue weighted by Gasteiger charge is -2.22. The fraction of sp³-hybridized carbons (Fsp3) is 0.571. The number of hydrogen-bond acceptors (Lipinski definition) is 2. The SMILES string of the molecule is O=C(c1cc(Cl)nc2c1CCCC2)N1CCCC1. The van der Waals surface area contributed by atoms with E-state index in [-0.39, 0.29) is 5.91 Å². The Hall–Kier alpha value is -1.09. The van der Waals surface area contributed by atoms with E-state index in [9.17, 15) is 4.79 Å². The van der Waals surface area contributed by atoms with Gasteiger partial charge in [0.1, 0.15) is 5.15 Å². The van der Waals surface area contributed by atoms with Gasteiger partial charge in [-0.05, 0) is 50.2 Å². The molecule has 0 aromatic carbocycles. The summed E-state index contributed by atoms with van der Waals surface area (Å²) in [6.45, 7) is 1.76. The van der Waals surface area contributed by atoms with E-state index in [0.29, 0.717) is 5.15 Å². The second-order valence-electron chi connectivity index (χ2n) is 5.12. The minimum absolute atomic E-state index is 0.148. The van der Waals surface area contributed by atoms with Crippen molar-refractivity contribution < 1.29 is 4.79 Å². The lowest BCUT2D eigenvalue weighted by atomic mass is 9.92. The Labute approximate surface area is 112 Å². The molecule has 0 unspecified atom stereocenters. The first kappa shape index (κ1) is 12.0. The highest BCUT2D eigenvalue weighted by atomic mass is 35.5. The quantitative estimate of drug-likeness (QED) is 0.731. The molecule has 0 atom stereocenters. The first-order valence-electron chi connectivity index (χ1n) is 6.73. The second-order valence-corrected chi connectivity index (χ2v) is 5.51. The van der Waals surface area contributed by atoms with Crippen molar-refractivity contribution in [2.24, 2.45) is 0 Å². The summed E-state index contributed by atoms with van der Waals surface area (Å²) >= 11 is 6.05. The van der Waals surface area contributed by atoms with Crippen molar-refractivity contribution in [3.63, 3.8) is 0 Å². The van der Waals surface area contributed by atoms with Crippen LogP contribution in [-0.2, 0) is 12.8 Å². The molecule has 0 radical (unpaired) electrons. The zero-order valence-electron chi connectivity index (χ0n) is 10.4. The predicted octanol–water partition coefficient (Wildman–Crippen LogP) is 2.85. The molecule has 1 saturated heterocycles. The zero-order chi connectivity index (χ0) is 12.5. The fourth-order valence-corrected chi connectivity index (χ4v) is 3.16. The number of hydrogen-bond donors (Lipinski definition) is 0. The van der Waals surface area contributed by atoms with Gasteiger partial charge in [0.15, 0.2) is 0 Å². The molecule has 1 aromatic heterocycles. The van der Waals surface area contributed by atoms with Crippen molar-refractivity contribution >= 4 is 17.5 Å². The molecule has 96 valence electrons. The number of pyridine rings is 1. The van der Waals surface area contributed by atoms with Gasteiger partial charge in [0.2, 0.25) is 0 Å². The summed E-state index contributed by atoms with van der Waals surface area (Å²) in [7, 11) is 0. The highest BCUT2D eigenvalue weighted by molar-refractivity contribution is 6.29. The Morgan fingerprint density at radius 3 is 2.67 bits per heavy atom. The van der Waals surface area contributed by atoms with Crippen molar-refractivity contribution in [2.75, 3.05) is 13.1 Å². The van der Waals surface area contributed by atoms with Crippen molar-refractivity contribution in [1.82, 2.24) is 9.88 Å². The number of rotatable bonds is 1. The molecule has 0 spiro atoms. The number of aromatic nitrogens is 1. The lowest BCUT2D eigenvalue weighted by molar-refractivity contribution is 0.0791. The second kappa shape index (κ2) is 4.88. The molecule has 1 aliphatic heterocycles. The number of carbonyl (C=O) groups excluding carboxylic acids is 1. The number of aryl methyl sites for hydroxylation is 1. The Bertz CT molecular complexity index is 481. The van der Waals surface area contributed by atoms with E-state index in [4.69, 9.17) is 11.6 Å². The summed E-state index contributed by atoms with van der Waals surface area (Å²) in [4.78, 5) is 18.8. The van der Waals surface area contributed by atoms with E-state index < -0.39 is 0 Å². The van der Waals surface area contributed by atoms with Crippen LogP contribution in [-0.4, -0.2) is 28.9 Å². The summed E-state index contributed by atoms with van der Waals surface area (Å²) in [5, 5.41) is 0.457. The van der Waals surface area contributed by atoms with Crippen LogP contribution in [0, 0.1) is 0 Å². The van der Waals surface area contributed by atoms with Crippen LogP contribution in [0.5, 0.6) is 0 Å². The molecular weight excluding hydrogens is 248 g/mol. The van der Waals surface area contributed by atoms with Gasteiger partial charge in [0.25, 0.3) is 5.91 Å². The van der Waals surface area contributed by atoms with Crippen molar-refractivity contribution in [3.8, 4) is 0 Å². The molecule has 1 fully saturated rings. The largest absolute Gasteiger partial charge is 0.339 e. The first-order valence-corrected chi connectivity index (χ1v) is 7.11. The number of fused-ring (bicyclic) bond motifs is 1. The predicted molar refractivity (Wildman–Crippen MR) is 71.0 cm³/mol. The van der Waals surface area contributed by atoms with E-state index in [0.717, 1.165) is 68.4 Å². The van der Waals surface area contributed by atoms with Crippen molar-refractivity contribution in [1.29, 1.82) is 0 Å². The summed E-state index contributed by atoms with van der Waals surface area (Å²) in [5.41, 5.74) is 2.98. The van der Waals surface area contributed by atoms with Crippen LogP contribution in [0.3, 0.4) is 0 Å². The third-order valence-corrected chi connectivity index (χ3v) is 4.09. The van der Waals surface area contributed by atoms with E-state index in [1.54, 1.807) is 6.07 Å². The van der Waals surface area contributed by atoms with Gasteiger partial charge in [-0.25, -0.2) is 4.98 Å². The molecule has 0 saturated carbocycles. The van der Waals surface area contributed by atoms with Crippen LogP contribution < -0.4 is 0 Å². The van der Waals surface area contributed by atoms with Crippen LogP contribution in [0.2, 0.25) is 5.15 Å². The highest BCUT2D eigenvalue weighted by Crippen LogP contribution is 2.27. The van der Waals surface area contributed by atoms with Crippen LogP contribution in [0.25, 0.3) is 0 Å². The fourth-order valence-electron chi connectivity index (χ4n) is 2.95. The van der Waals surface area contributed by atoms with E-state index in [1.165, 1.54) is 0 Å². The van der Waals surface area contributed by atoms with Crippen LogP contribution >= 0.6 is 11.6 Å². The molecule has 3 rings (SSSR count). The highest BCUT2D eigenvalue weighted by Gasteiger charge is 2.25. The van der Waals surface area contributed by atoms with Crippen molar-refractivity contribution in [2.45, 2.75) is 38.5 Å². The summed E-state index contributed by atoms with van der Waals surface area (Å²) in [6, 6.07) is 1.76. The van der Waals surface area contributed by atoms with E-state index in [2.05, 4.69) is 4.98 Å². The maximum absolute atomic E-state index is 12.5. The Balaban J connectivity index is 1.99. The average Bonchev–Trinajstić information content (AvgIpc) is 2.90. The van der Waals surface area contributed by atoms with Gasteiger partial charge >= 0.3 is 0 Å². The van der Waals surface area contributed by atoms with Crippen molar-refractivity contribution in [3.05, 3.63) is 28.0 Å². The molecule has 2 aliphatic rings. The Morgan fingerprint density at radius 1 is 1.17 bits per heavy atom. The normalized spacial score (nSPS) is 18.8. The molecule has 0 bridgehead atoms. The summed E-state index contributed by atoms with van der Waals surface area (Å²) in [6.07, 6.45) is 6.46. The van der Waals surface area contributed by atoms with Gasteiger partial charge in [-0.15, -0.1) is 0 Å². The van der Waals surface area contributed by atoms with Crippen LogP contribution in [0.15, 0.2) is 6.07 Å². The number of halogens is 1. The van der Waals surface area contributed by atoms with Gasteiger partial charge < -0.3 is 4.90 Å². The minimum Gasteiger partial charge on any atom is -0.339 e. The van der Waals surface area contributed by atoms with Crippen LogP contribution in [0.4, 0.5) is 0 Å². The van der Waals surface area contributed by atoms with Gasteiger partial charge in [0.05, 0.1) is 0 Å². The molecular formula is C14H17ClN2O. The molecule has 18 heavy (non-hydrogen) atoms. The molecule has 1 amide bonds. The molecule has 1 aromatic rings. The maximum atomic E-state index is 12.5. The van der Waals surface area contributed by atoms with Gasteiger partial charge in [-0.2, -0.15) is 0 Å². The Kier molecular flexibility index (Phi) is 3.25. The molecule has 3 nitrogen and oxygen atoms in total. The summed E-state index contributed by atoms with van der Waals surface area (Å²) in [5.74, 6) is 0.148. The maximum Gasteiger partial charge on any atom is 0.254 e. The van der Waals surface area contributed by atoms with Gasteiger partial charge in [0, 0.05) is 24.3 Å². The van der Waals surface area contributed by atoms with Crippen LogP contribution in [0.1, 0.15) is 47.3 Å². The van der Waals surface area contributed by atoms with E-state index in [1.807, 2.05) is 4.90 Å². The van der Waals surface area contributed by atoms with E-state index >= 15 is 0 Å². The molecule has 0 N–H and O–H groups in total. The summed E-state index contributed by atoms with van der Waals surface area (Å²) < 4.78 is 0. The third kappa shape index (κ3) is 2.12. The average molecular weight is 265 g/mol. The monoisotopic (exact) mass is 264 g/mol. The first-order chi connectivity index (χ1) is 8.75. The number of nitrogens with zero attached hydrogens (tertiary/aromatic N) is 2. The van der Waals surface area contributed by atoms with Gasteiger partial charge in [-0.1, -0.05) is 11.6 Å². The number of likely N-dealkylation sites (tertiary alicyclic amines) is 1. The molecule has 1 aliphatic carbocycles. The smallest absolute Gasteiger partial charge is 0.254 e.